The lowest BCUT2D eigenvalue weighted by molar-refractivity contribution is -0.141. The molecule has 1 aromatic heterocycles. The van der Waals surface area contributed by atoms with Crippen molar-refractivity contribution in [2.75, 3.05) is 39.3 Å². The Labute approximate surface area is 397 Å². The number of carboxylic acids is 1. The number of hydrogen-bond acceptors (Lipinski definition) is 16. The Morgan fingerprint density at radius 3 is 2.28 bits per heavy atom. The molecule has 4 atom stereocenters. The second kappa shape index (κ2) is 25.6. The van der Waals surface area contributed by atoms with Crippen LogP contribution in [0.2, 0.25) is 0 Å². The van der Waals surface area contributed by atoms with Crippen molar-refractivity contribution in [2.45, 2.75) is 81.6 Å². The van der Waals surface area contributed by atoms with E-state index in [1.165, 1.54) is 36.5 Å². The molecule has 25 heteroatoms. The third kappa shape index (κ3) is 16.9. The number of hydrogen-bond donors (Lipinski definition) is 10. The number of nitrogens with zero attached hydrogens (tertiary/aromatic N) is 4. The van der Waals surface area contributed by atoms with Crippen LogP contribution in [0.3, 0.4) is 0 Å². The van der Waals surface area contributed by atoms with E-state index in [-0.39, 0.29) is 54.4 Å². The maximum Gasteiger partial charge on any atom is 0.305 e. The summed E-state index contributed by atoms with van der Waals surface area (Å²) in [7, 11) is -4.43. The molecule has 3 heterocycles. The zero-order valence-corrected chi connectivity index (χ0v) is 38.7. The van der Waals surface area contributed by atoms with Gasteiger partial charge in [-0.15, -0.1) is 5.11 Å². The summed E-state index contributed by atoms with van der Waals surface area (Å²) < 4.78 is 38.4. The lowest BCUT2D eigenvalue weighted by atomic mass is 9.99. The van der Waals surface area contributed by atoms with Gasteiger partial charge in [-0.2, -0.15) is 13.5 Å². The van der Waals surface area contributed by atoms with Gasteiger partial charge in [-0.1, -0.05) is 44.2 Å². The van der Waals surface area contributed by atoms with Crippen LogP contribution < -0.4 is 47.3 Å². The smallest absolute Gasteiger partial charge is 0.305 e. The number of nitrogens with one attached hydrogen (secondary N) is 8. The third-order valence-electron chi connectivity index (χ3n) is 10.5. The maximum absolute atomic E-state index is 14.0. The van der Waals surface area contributed by atoms with Gasteiger partial charge in [0, 0.05) is 32.3 Å². The number of amides is 6. The molecule has 3 aromatic rings. The summed E-state index contributed by atoms with van der Waals surface area (Å²) in [6.45, 7) is 4.82. The largest absolute Gasteiger partial charge is 0.494 e. The van der Waals surface area contributed by atoms with Gasteiger partial charge in [-0.05, 0) is 66.6 Å². The zero-order chi connectivity index (χ0) is 49.9. The number of carbonyl (C=O) groups excluding carboxylic acids is 6. The van der Waals surface area contributed by atoms with Crippen LogP contribution in [0.15, 0.2) is 87.0 Å². The van der Waals surface area contributed by atoms with Gasteiger partial charge in [0.15, 0.2) is 11.8 Å². The molecule has 2 aromatic carbocycles. The highest BCUT2D eigenvalue weighted by molar-refractivity contribution is 7.85. The Hall–Kier alpha value is -7.54. The van der Waals surface area contributed by atoms with Gasteiger partial charge in [-0.3, -0.25) is 43.1 Å². The van der Waals surface area contributed by atoms with Crippen LogP contribution in [0.4, 0.5) is 5.82 Å². The van der Waals surface area contributed by atoms with Gasteiger partial charge in [-0.25, -0.2) is 4.98 Å². The highest BCUT2D eigenvalue weighted by atomic mass is 32.2. The summed E-state index contributed by atoms with van der Waals surface area (Å²) in [6.07, 6.45) is 1.33. The van der Waals surface area contributed by atoms with Crippen LogP contribution in [-0.4, -0.2) is 134 Å². The molecule has 1 saturated heterocycles. The number of carbonyl (C=O) groups is 7. The number of ether oxygens (including phenoxy) is 1. The van der Waals surface area contributed by atoms with Crippen LogP contribution in [0.5, 0.6) is 5.75 Å². The van der Waals surface area contributed by atoms with E-state index >= 15 is 0 Å². The summed E-state index contributed by atoms with van der Waals surface area (Å²) in [5, 5.41) is 39.1. The Morgan fingerprint density at radius 2 is 1.59 bits per heavy atom. The predicted molar refractivity (Wildman–Crippen MR) is 247 cm³/mol. The summed E-state index contributed by atoms with van der Waals surface area (Å²) in [6, 6.07) is 10.1. The first-order valence-corrected chi connectivity index (χ1v) is 23.5. The van der Waals surface area contributed by atoms with Crippen LogP contribution in [0.25, 0.3) is 0 Å². The molecule has 0 radical (unpaired) electrons. The Morgan fingerprint density at radius 1 is 0.855 bits per heavy atom. The first-order valence-electron chi connectivity index (χ1n) is 22.1. The predicted octanol–water partition coefficient (Wildman–Crippen LogP) is -0.118. The lowest BCUT2D eigenvalue weighted by Gasteiger charge is -2.27. The van der Waals surface area contributed by atoms with Crippen molar-refractivity contribution >= 4 is 63.3 Å². The van der Waals surface area contributed by atoms with E-state index in [1.54, 1.807) is 44.2 Å². The first-order chi connectivity index (χ1) is 33.0. The third-order valence-corrected chi connectivity index (χ3v) is 11.5. The van der Waals surface area contributed by atoms with Gasteiger partial charge in [0.05, 0.1) is 43.1 Å². The van der Waals surface area contributed by atoms with E-state index in [9.17, 15) is 51.6 Å². The minimum absolute atomic E-state index is 0.121. The van der Waals surface area contributed by atoms with Crippen molar-refractivity contribution in [1.29, 1.82) is 0 Å². The molecular formula is C44H56N12O12S. The number of aliphatic carboxylic acids is 1. The quantitative estimate of drug-likeness (QED) is 0.0425. The van der Waals surface area contributed by atoms with Crippen molar-refractivity contribution < 1.29 is 56.4 Å². The van der Waals surface area contributed by atoms with Crippen molar-refractivity contribution in [2.24, 2.45) is 21.1 Å². The molecule has 10 N–H and O–H groups in total. The number of azo groups is 1. The Kier molecular flexibility index (Phi) is 19.4. The van der Waals surface area contributed by atoms with Crippen LogP contribution in [0.1, 0.15) is 61.0 Å². The minimum atomic E-state index is -4.43. The van der Waals surface area contributed by atoms with E-state index in [4.69, 9.17) is 4.74 Å². The fourth-order valence-electron chi connectivity index (χ4n) is 6.92. The standard InChI is InChI=1S/C44H56N12O12S/c1-26(2)38-43(64)53-31(8-5-16-46-44-47-18-19-48-44)40(61)50-25-36(57)52-33(22-37(58)59)41(62)54-32(42(63)55-38)21-27-10-13-30(14-11-27)68-20-6-17-45-39(60)29-12-15-35(49-23-29)56-51-24-28-7-3-4-9-34(28)69(65,66)67/h3-4,7,9-15,23,26,31-33,38H,5-6,8,16-22,24-25H2,1-2H3,(H,45,60)(H,50,61)(H,52,57)(H,53,64)(H,54,62)(H,55,63)(H,58,59)(H2,46,47,48)(H,65,66,67)/t31-,32+,33-,38?/m0/s1. The van der Waals surface area contributed by atoms with Crippen molar-refractivity contribution in [3.63, 3.8) is 0 Å². The summed E-state index contributed by atoms with van der Waals surface area (Å²) in [4.78, 5) is 100. The lowest BCUT2D eigenvalue weighted by Crippen LogP contribution is -2.59. The number of guanidine groups is 1. The molecule has 2 aliphatic heterocycles. The normalized spacial score (nSPS) is 19.4. The van der Waals surface area contributed by atoms with Gasteiger partial charge in [0.2, 0.25) is 29.5 Å². The maximum atomic E-state index is 14.0. The zero-order valence-electron chi connectivity index (χ0n) is 37.9. The van der Waals surface area contributed by atoms with Crippen molar-refractivity contribution in [3.05, 3.63) is 83.6 Å². The number of benzene rings is 2. The van der Waals surface area contributed by atoms with Gasteiger partial charge >= 0.3 is 5.97 Å². The highest BCUT2D eigenvalue weighted by Crippen LogP contribution is 2.18. The molecule has 0 bridgehead atoms. The average Bonchev–Trinajstić information content (AvgIpc) is 3.84. The van der Waals surface area contributed by atoms with E-state index < -0.39 is 94.6 Å². The number of rotatable bonds is 19. The second-order valence-electron chi connectivity index (χ2n) is 16.2. The molecule has 0 spiro atoms. The summed E-state index contributed by atoms with van der Waals surface area (Å²) >= 11 is 0. The van der Waals surface area contributed by atoms with Gasteiger partial charge in [0.25, 0.3) is 16.0 Å². The summed E-state index contributed by atoms with van der Waals surface area (Å²) in [5.41, 5.74) is 1.05. The number of pyridine rings is 1. The molecule has 6 amide bonds. The molecule has 2 aliphatic rings. The fraction of sp³-hybridized carbons (Fsp3) is 0.432. The Bertz CT molecular complexity index is 2490. The highest BCUT2D eigenvalue weighted by Gasteiger charge is 2.34. The molecule has 5 rings (SSSR count). The molecule has 1 unspecified atom stereocenters. The van der Waals surface area contributed by atoms with Gasteiger partial charge < -0.3 is 52.4 Å². The van der Waals surface area contributed by atoms with Gasteiger partial charge in [0.1, 0.15) is 29.9 Å². The molecule has 69 heavy (non-hydrogen) atoms. The topological polar surface area (TPSA) is 350 Å². The molecule has 24 nitrogen and oxygen atoms in total. The Balaban J connectivity index is 1.16. The molecule has 370 valence electrons. The number of aromatic nitrogens is 1. The summed E-state index contributed by atoms with van der Waals surface area (Å²) in [5.74, 6) is -5.05. The second-order valence-corrected chi connectivity index (χ2v) is 17.6. The first kappa shape index (κ1) is 52.4. The van der Waals surface area contributed by atoms with Crippen molar-refractivity contribution in [1.82, 2.24) is 47.5 Å². The minimum Gasteiger partial charge on any atom is -0.494 e. The van der Waals surface area contributed by atoms with Crippen LogP contribution >= 0.6 is 0 Å². The fourth-order valence-corrected chi connectivity index (χ4v) is 7.64. The number of aliphatic imine (C=N–C) groups is 1. The van der Waals surface area contributed by atoms with E-state index in [0.717, 1.165) is 0 Å². The average molecular weight is 977 g/mol. The van der Waals surface area contributed by atoms with Crippen LogP contribution in [-0.2, 0) is 51.9 Å². The monoisotopic (exact) mass is 976 g/mol. The SMILES string of the molecule is CC(C)C1NC(=O)[C@@H](Cc2ccc(OCCCNC(=O)c3ccc(N=NCc4ccccc4S(=O)(=O)O)nc3)cc2)NC(=O)[C@H](CC(=O)O)NC(=O)CNC(=O)[C@H](CCCNC2=NCCN2)NC1=O. The van der Waals surface area contributed by atoms with Crippen molar-refractivity contribution in [3.8, 4) is 5.75 Å². The van der Waals surface area contributed by atoms with E-state index in [2.05, 4.69) is 62.7 Å². The van der Waals surface area contributed by atoms with E-state index in [0.29, 0.717) is 49.7 Å². The molecular weight excluding hydrogens is 921 g/mol. The molecule has 0 saturated carbocycles. The molecule has 0 aliphatic carbocycles. The molecule has 1 fully saturated rings. The van der Waals surface area contributed by atoms with E-state index in [1.807, 2.05) is 0 Å². The number of carboxylic acid groups (broad SMARTS) is 1. The van der Waals surface area contributed by atoms with Crippen LogP contribution in [0, 0.1) is 5.92 Å².